The lowest BCUT2D eigenvalue weighted by atomic mass is 9.78. The highest BCUT2D eigenvalue weighted by Crippen LogP contribution is 2.60. The molecule has 2 unspecified atom stereocenters. The van der Waals surface area contributed by atoms with Crippen LogP contribution in [0.1, 0.15) is 30.4 Å². The van der Waals surface area contributed by atoms with Gasteiger partial charge >= 0.3 is 0 Å². The number of rotatable bonds is 0. The molecule has 0 heteroatoms. The van der Waals surface area contributed by atoms with E-state index >= 15 is 0 Å². The summed E-state index contributed by atoms with van der Waals surface area (Å²) in [4.78, 5) is 0. The third kappa shape index (κ3) is 0.524. The predicted octanol–water partition coefficient (Wildman–Crippen LogP) is 2.93. The zero-order chi connectivity index (χ0) is 8.52. The van der Waals surface area contributed by atoms with Gasteiger partial charge in [0.2, 0.25) is 0 Å². The Morgan fingerprint density at radius 1 is 0.769 bits per heavy atom. The Morgan fingerprint density at radius 2 is 1.23 bits per heavy atom. The van der Waals surface area contributed by atoms with Crippen molar-refractivity contribution in [3.8, 4) is 0 Å². The Hall–Kier alpha value is -1.04. The van der Waals surface area contributed by atoms with Crippen molar-refractivity contribution >= 4 is 0 Å². The molecule has 0 aliphatic heterocycles. The normalized spacial score (nSPS) is 42.8. The van der Waals surface area contributed by atoms with Gasteiger partial charge in [0.1, 0.15) is 0 Å². The van der Waals surface area contributed by atoms with Crippen molar-refractivity contribution in [1.82, 2.24) is 0 Å². The second kappa shape index (κ2) is 1.61. The van der Waals surface area contributed by atoms with Crippen LogP contribution in [0, 0.1) is 0 Å². The summed E-state index contributed by atoms with van der Waals surface area (Å²) in [6.07, 6.45) is 9.04. The largest absolute Gasteiger partial charge is 0.0770 e. The minimum absolute atomic E-state index is 0.436. The quantitative estimate of drug-likeness (QED) is 0.522. The Kier molecular flexibility index (Phi) is 0.797. The van der Waals surface area contributed by atoms with Crippen LogP contribution in [0.25, 0.3) is 0 Å². The molecule has 0 nitrogen and oxygen atoms in total. The first-order chi connectivity index (χ1) is 6.33. The third-order valence-corrected chi connectivity index (χ3v) is 4.40. The molecule has 1 saturated carbocycles. The number of fused-ring (bicyclic) bond motifs is 2. The van der Waals surface area contributed by atoms with Crippen LogP contribution in [0.15, 0.2) is 36.4 Å². The van der Waals surface area contributed by atoms with Gasteiger partial charge in [0.05, 0.1) is 0 Å². The summed E-state index contributed by atoms with van der Waals surface area (Å²) in [5.41, 5.74) is 3.96. The van der Waals surface area contributed by atoms with Crippen molar-refractivity contribution in [1.29, 1.82) is 0 Å². The van der Waals surface area contributed by atoms with Gasteiger partial charge in [-0.05, 0) is 30.4 Å². The fourth-order valence-electron chi connectivity index (χ4n) is 3.61. The summed E-state index contributed by atoms with van der Waals surface area (Å²) >= 11 is 0. The first-order valence-electron chi connectivity index (χ1n) is 5.15. The van der Waals surface area contributed by atoms with E-state index in [1.807, 2.05) is 0 Å². The molecule has 1 aromatic carbocycles. The summed E-state index contributed by atoms with van der Waals surface area (Å²) in [6, 6.07) is 9.33. The minimum Gasteiger partial charge on any atom is -0.0770 e. The van der Waals surface area contributed by atoms with Crippen LogP contribution in [0.4, 0.5) is 0 Å². The van der Waals surface area contributed by atoms with Crippen LogP contribution in [-0.4, -0.2) is 0 Å². The molecule has 2 atom stereocenters. The molecular formula is C13H12. The summed E-state index contributed by atoms with van der Waals surface area (Å²) in [5.74, 6) is 0. The molecule has 1 aromatic rings. The molecule has 4 aliphatic rings. The fraction of sp³-hybridized carbons (Fsp3) is 0.385. The maximum atomic E-state index is 2.47. The van der Waals surface area contributed by atoms with E-state index in [-0.39, 0.29) is 0 Å². The summed E-state index contributed by atoms with van der Waals surface area (Å²) in [6.45, 7) is 0. The topological polar surface area (TPSA) is 0 Å². The van der Waals surface area contributed by atoms with Crippen LogP contribution in [-0.2, 0) is 10.8 Å². The second-order valence-electron chi connectivity index (χ2n) is 4.90. The second-order valence-corrected chi connectivity index (χ2v) is 4.90. The lowest BCUT2D eigenvalue weighted by Crippen LogP contribution is -2.17. The molecule has 64 valence electrons. The highest BCUT2D eigenvalue weighted by atomic mass is 14.6. The van der Waals surface area contributed by atoms with Gasteiger partial charge in [0, 0.05) is 10.8 Å². The van der Waals surface area contributed by atoms with Gasteiger partial charge in [-0.25, -0.2) is 0 Å². The van der Waals surface area contributed by atoms with Crippen LogP contribution < -0.4 is 0 Å². The van der Waals surface area contributed by atoms with Gasteiger partial charge in [0.15, 0.2) is 0 Å². The highest BCUT2D eigenvalue weighted by Gasteiger charge is 2.53. The SMILES string of the molecule is C1=CC23CCC1(C2)c1ccc3cc1. The molecule has 0 heterocycles. The molecule has 0 N–H and O–H groups in total. The van der Waals surface area contributed by atoms with E-state index in [0.29, 0.717) is 10.8 Å². The Bertz CT molecular complexity index is 373. The molecule has 0 radical (unpaired) electrons. The van der Waals surface area contributed by atoms with E-state index in [0.717, 1.165) is 0 Å². The first-order valence-corrected chi connectivity index (χ1v) is 5.15. The van der Waals surface area contributed by atoms with Crippen LogP contribution in [0.2, 0.25) is 0 Å². The van der Waals surface area contributed by atoms with E-state index in [4.69, 9.17) is 0 Å². The number of hydrogen-bond acceptors (Lipinski definition) is 0. The van der Waals surface area contributed by atoms with Gasteiger partial charge in [-0.15, -0.1) is 0 Å². The lowest BCUT2D eigenvalue weighted by molar-refractivity contribution is 0.554. The molecular weight excluding hydrogens is 156 g/mol. The first kappa shape index (κ1) is 6.42. The number of hydrogen-bond donors (Lipinski definition) is 0. The van der Waals surface area contributed by atoms with Crippen LogP contribution in [0.3, 0.4) is 0 Å². The molecule has 0 amide bonds. The molecule has 13 heavy (non-hydrogen) atoms. The monoisotopic (exact) mass is 168 g/mol. The van der Waals surface area contributed by atoms with Gasteiger partial charge in [-0.2, -0.15) is 0 Å². The average molecular weight is 168 g/mol. The molecule has 5 rings (SSSR count). The van der Waals surface area contributed by atoms with Gasteiger partial charge in [0.25, 0.3) is 0 Å². The van der Waals surface area contributed by atoms with E-state index in [1.54, 1.807) is 11.1 Å². The van der Waals surface area contributed by atoms with E-state index in [2.05, 4.69) is 36.4 Å². The van der Waals surface area contributed by atoms with Crippen molar-refractivity contribution in [2.75, 3.05) is 0 Å². The smallest absolute Gasteiger partial charge is 0.0144 e. The van der Waals surface area contributed by atoms with E-state index in [1.165, 1.54) is 19.3 Å². The fourth-order valence-corrected chi connectivity index (χ4v) is 3.61. The molecule has 0 saturated heterocycles. The molecule has 4 aliphatic carbocycles. The molecule has 0 spiro atoms. The summed E-state index contributed by atoms with van der Waals surface area (Å²) in [5, 5.41) is 0. The van der Waals surface area contributed by atoms with E-state index < -0.39 is 0 Å². The molecule has 0 aromatic heterocycles. The van der Waals surface area contributed by atoms with Crippen LogP contribution in [0.5, 0.6) is 0 Å². The Morgan fingerprint density at radius 3 is 1.62 bits per heavy atom. The molecule has 1 fully saturated rings. The van der Waals surface area contributed by atoms with Gasteiger partial charge in [-0.3, -0.25) is 0 Å². The van der Waals surface area contributed by atoms with Gasteiger partial charge in [-0.1, -0.05) is 36.4 Å². The summed E-state index contributed by atoms with van der Waals surface area (Å²) < 4.78 is 0. The Balaban J connectivity index is 2.20. The molecule has 4 bridgehead atoms. The minimum atomic E-state index is 0.436. The van der Waals surface area contributed by atoms with Crippen molar-refractivity contribution in [3.05, 3.63) is 47.5 Å². The Labute approximate surface area is 78.3 Å². The maximum absolute atomic E-state index is 2.47. The van der Waals surface area contributed by atoms with Crippen molar-refractivity contribution in [2.45, 2.75) is 30.1 Å². The predicted molar refractivity (Wildman–Crippen MR) is 52.8 cm³/mol. The van der Waals surface area contributed by atoms with Crippen molar-refractivity contribution in [3.63, 3.8) is 0 Å². The van der Waals surface area contributed by atoms with Crippen molar-refractivity contribution < 1.29 is 0 Å². The van der Waals surface area contributed by atoms with E-state index in [9.17, 15) is 0 Å². The standard InChI is InChI=1S/C13H12/c1-2-11-4-3-10(1)12-5-7-13(11,9-12)8-6-12/h1-5,7H,6,8-9H2. The van der Waals surface area contributed by atoms with Gasteiger partial charge < -0.3 is 0 Å². The zero-order valence-corrected chi connectivity index (χ0v) is 7.59. The summed E-state index contributed by atoms with van der Waals surface area (Å²) in [7, 11) is 0. The lowest BCUT2D eigenvalue weighted by Gasteiger charge is -2.26. The third-order valence-electron chi connectivity index (χ3n) is 4.40. The van der Waals surface area contributed by atoms with Crippen molar-refractivity contribution in [2.24, 2.45) is 0 Å². The highest BCUT2D eigenvalue weighted by molar-refractivity contribution is 5.52. The van der Waals surface area contributed by atoms with Crippen LogP contribution >= 0.6 is 0 Å². The maximum Gasteiger partial charge on any atom is 0.0144 e. The number of allylic oxidation sites excluding steroid dienone is 2. The zero-order valence-electron chi connectivity index (χ0n) is 7.59. The number of benzene rings is 1. The average Bonchev–Trinajstić information content (AvgIpc) is 2.68.